The fourth-order valence-electron chi connectivity index (χ4n) is 2.75. The second-order valence-electron chi connectivity index (χ2n) is 6.22. The molecule has 1 heterocycles. The minimum absolute atomic E-state index is 0.0179. The van der Waals surface area contributed by atoms with Crippen LogP contribution in [0.3, 0.4) is 0 Å². The summed E-state index contributed by atoms with van der Waals surface area (Å²) in [7, 11) is 0. The second-order valence-corrected chi connectivity index (χ2v) is 7.01. The van der Waals surface area contributed by atoms with E-state index in [0.29, 0.717) is 17.0 Å². The Hall–Kier alpha value is -3.07. The monoisotopic (exact) mass is 463 g/mol. The number of carbonyl (C=O) groups is 1. The molecule has 0 aliphatic rings. The Morgan fingerprint density at radius 1 is 1.21 bits per heavy atom. The van der Waals surface area contributed by atoms with Crippen LogP contribution in [-0.2, 0) is 13.2 Å². The van der Waals surface area contributed by atoms with E-state index in [1.165, 1.54) is 10.6 Å². The molecule has 3 rings (SSSR count). The van der Waals surface area contributed by atoms with Crippen molar-refractivity contribution in [2.45, 2.75) is 20.1 Å². The Morgan fingerprint density at radius 3 is 2.62 bits per heavy atom. The minimum Gasteiger partial charge on any atom is -0.472 e. The average molecular weight is 464 g/mol. The van der Waals surface area contributed by atoms with Gasteiger partial charge < -0.3 is 10.5 Å². The van der Waals surface area contributed by atoms with Crippen LogP contribution in [0.5, 0.6) is 5.88 Å². The molecule has 0 saturated carbocycles. The molecule has 29 heavy (non-hydrogen) atoms. The Kier molecular flexibility index (Phi) is 6.07. The molecule has 0 bridgehead atoms. The number of carbonyl (C=O) groups excluding carboxylic acids is 1. The van der Waals surface area contributed by atoms with Gasteiger partial charge in [-0.05, 0) is 46.6 Å². The molecule has 9 heteroatoms. The van der Waals surface area contributed by atoms with Crippen LogP contribution in [0.1, 0.15) is 27.3 Å². The number of halogens is 3. The van der Waals surface area contributed by atoms with E-state index in [0.717, 1.165) is 12.1 Å². The first-order valence-electron chi connectivity index (χ1n) is 8.49. The van der Waals surface area contributed by atoms with Crippen molar-refractivity contribution >= 4 is 21.8 Å². The van der Waals surface area contributed by atoms with E-state index in [1.807, 2.05) is 0 Å². The molecular formula is C20H16BrF2N3O3. The molecule has 1 amide bonds. The summed E-state index contributed by atoms with van der Waals surface area (Å²) in [6, 6.07) is 9.81. The van der Waals surface area contributed by atoms with Crippen molar-refractivity contribution in [3.63, 3.8) is 0 Å². The van der Waals surface area contributed by atoms with Crippen LogP contribution >= 0.6 is 15.9 Å². The van der Waals surface area contributed by atoms with Gasteiger partial charge in [-0.1, -0.05) is 18.2 Å². The zero-order valence-electron chi connectivity index (χ0n) is 15.3. The number of benzene rings is 2. The van der Waals surface area contributed by atoms with Gasteiger partial charge in [0.25, 0.3) is 5.56 Å². The van der Waals surface area contributed by atoms with Gasteiger partial charge in [0.1, 0.15) is 28.5 Å². The number of amides is 1. The van der Waals surface area contributed by atoms with Gasteiger partial charge in [-0.25, -0.2) is 8.78 Å². The van der Waals surface area contributed by atoms with Crippen LogP contribution in [0, 0.1) is 18.6 Å². The highest BCUT2D eigenvalue weighted by Crippen LogP contribution is 2.21. The van der Waals surface area contributed by atoms with Gasteiger partial charge in [0.2, 0.25) is 11.8 Å². The smallest absolute Gasteiger partial charge is 0.272 e. The Balaban J connectivity index is 1.89. The number of hydrogen-bond acceptors (Lipinski definition) is 4. The number of nitrogens with two attached hydrogens (primary N) is 1. The summed E-state index contributed by atoms with van der Waals surface area (Å²) < 4.78 is 33.6. The standard InChI is InChI=1S/C20H16BrF2N3O3/c1-11-25-19(29-10-13-6-7-14(22)8-16(13)23)17(21)20(28)26(11)9-12-4-2-3-5-15(12)18(24)27/h2-8H,9-10H2,1H3,(H2,24,27). The number of rotatable bonds is 6. The van der Waals surface area contributed by atoms with Crippen LogP contribution in [0.2, 0.25) is 0 Å². The van der Waals surface area contributed by atoms with E-state index in [4.69, 9.17) is 10.5 Å². The Morgan fingerprint density at radius 2 is 1.93 bits per heavy atom. The normalized spacial score (nSPS) is 10.8. The highest BCUT2D eigenvalue weighted by molar-refractivity contribution is 9.10. The van der Waals surface area contributed by atoms with Crippen LogP contribution < -0.4 is 16.0 Å². The summed E-state index contributed by atoms with van der Waals surface area (Å²) >= 11 is 3.16. The fraction of sp³-hybridized carbons (Fsp3) is 0.150. The Labute approximate surface area is 173 Å². The minimum atomic E-state index is -0.755. The summed E-state index contributed by atoms with van der Waals surface area (Å²) in [5.74, 6) is -1.74. The van der Waals surface area contributed by atoms with Crippen molar-refractivity contribution in [3.8, 4) is 5.88 Å². The molecule has 1 aromatic heterocycles. The number of aromatic nitrogens is 2. The van der Waals surface area contributed by atoms with Crippen LogP contribution in [0.15, 0.2) is 51.7 Å². The summed E-state index contributed by atoms with van der Waals surface area (Å²) in [5.41, 5.74) is 5.95. The van der Waals surface area contributed by atoms with Gasteiger partial charge in [-0.15, -0.1) is 0 Å². The van der Waals surface area contributed by atoms with Gasteiger partial charge >= 0.3 is 0 Å². The molecule has 0 atom stereocenters. The summed E-state index contributed by atoms with van der Waals surface area (Å²) in [4.78, 5) is 28.6. The molecule has 0 spiro atoms. The van der Waals surface area contributed by atoms with E-state index < -0.39 is 23.1 Å². The molecule has 2 N–H and O–H groups in total. The van der Waals surface area contributed by atoms with Crippen molar-refractivity contribution in [2.24, 2.45) is 5.73 Å². The maximum absolute atomic E-state index is 13.8. The van der Waals surface area contributed by atoms with Crippen molar-refractivity contribution in [2.75, 3.05) is 0 Å². The van der Waals surface area contributed by atoms with Gasteiger partial charge in [0.05, 0.1) is 6.54 Å². The number of hydrogen-bond donors (Lipinski definition) is 1. The quantitative estimate of drug-likeness (QED) is 0.607. The highest BCUT2D eigenvalue weighted by Gasteiger charge is 2.17. The zero-order valence-corrected chi connectivity index (χ0v) is 16.9. The topological polar surface area (TPSA) is 87.2 Å². The van der Waals surface area contributed by atoms with Crippen LogP contribution in [0.25, 0.3) is 0 Å². The van der Waals surface area contributed by atoms with Crippen LogP contribution in [-0.4, -0.2) is 15.5 Å². The van der Waals surface area contributed by atoms with E-state index >= 15 is 0 Å². The summed E-state index contributed by atoms with van der Waals surface area (Å²) in [6.07, 6.45) is 0. The first-order chi connectivity index (χ1) is 13.8. The van der Waals surface area contributed by atoms with Crippen molar-refractivity contribution < 1.29 is 18.3 Å². The van der Waals surface area contributed by atoms with Crippen molar-refractivity contribution in [1.29, 1.82) is 0 Å². The first kappa shape index (κ1) is 20.7. The lowest BCUT2D eigenvalue weighted by molar-refractivity contribution is 0.0999. The van der Waals surface area contributed by atoms with E-state index in [2.05, 4.69) is 20.9 Å². The lowest BCUT2D eigenvalue weighted by Gasteiger charge is -2.15. The number of aryl methyl sites for hydroxylation is 1. The third-order valence-corrected chi connectivity index (χ3v) is 4.94. The molecule has 0 fully saturated rings. The average Bonchev–Trinajstić information content (AvgIpc) is 2.68. The van der Waals surface area contributed by atoms with Gasteiger partial charge in [-0.3, -0.25) is 14.2 Å². The molecule has 0 radical (unpaired) electrons. The second kappa shape index (κ2) is 8.52. The molecule has 150 valence electrons. The lowest BCUT2D eigenvalue weighted by atomic mass is 10.1. The maximum atomic E-state index is 13.8. The van der Waals surface area contributed by atoms with Crippen molar-refractivity contribution in [3.05, 3.63) is 91.4 Å². The van der Waals surface area contributed by atoms with Crippen molar-refractivity contribution in [1.82, 2.24) is 9.55 Å². The third kappa shape index (κ3) is 4.51. The molecule has 6 nitrogen and oxygen atoms in total. The molecule has 0 aliphatic carbocycles. The maximum Gasteiger partial charge on any atom is 0.272 e. The fourth-order valence-corrected chi connectivity index (χ4v) is 3.17. The summed E-state index contributed by atoms with van der Waals surface area (Å²) in [5, 5.41) is 0. The predicted octanol–water partition coefficient (Wildman–Crippen LogP) is 3.32. The first-order valence-corrected chi connectivity index (χ1v) is 9.28. The highest BCUT2D eigenvalue weighted by atomic mass is 79.9. The van der Waals surface area contributed by atoms with Crippen LogP contribution in [0.4, 0.5) is 8.78 Å². The zero-order chi connectivity index (χ0) is 21.1. The number of nitrogens with zero attached hydrogens (tertiary/aromatic N) is 2. The Bertz CT molecular complexity index is 1150. The number of primary amides is 1. The molecule has 0 unspecified atom stereocenters. The van der Waals surface area contributed by atoms with E-state index in [1.54, 1.807) is 31.2 Å². The van der Waals surface area contributed by atoms with Gasteiger partial charge in [0, 0.05) is 17.2 Å². The number of ether oxygens (including phenoxy) is 1. The SMILES string of the molecule is Cc1nc(OCc2ccc(F)cc2F)c(Br)c(=O)n1Cc1ccccc1C(N)=O. The van der Waals surface area contributed by atoms with Gasteiger partial charge in [-0.2, -0.15) is 4.98 Å². The van der Waals surface area contributed by atoms with E-state index in [9.17, 15) is 18.4 Å². The lowest BCUT2D eigenvalue weighted by Crippen LogP contribution is -2.27. The molecule has 0 aliphatic heterocycles. The predicted molar refractivity (Wildman–Crippen MR) is 106 cm³/mol. The van der Waals surface area contributed by atoms with E-state index in [-0.39, 0.29) is 29.1 Å². The third-order valence-electron chi connectivity index (χ3n) is 4.27. The largest absolute Gasteiger partial charge is 0.472 e. The van der Waals surface area contributed by atoms with Gasteiger partial charge in [0.15, 0.2) is 0 Å². The molecule has 3 aromatic rings. The molecule has 2 aromatic carbocycles. The summed E-state index contributed by atoms with van der Waals surface area (Å²) in [6.45, 7) is 1.46. The molecular weight excluding hydrogens is 448 g/mol. The molecule has 0 saturated heterocycles.